The first-order valence-electron chi connectivity index (χ1n) is 2.78. The molecule has 0 nitrogen and oxygen atoms in total. The predicted octanol–water partition coefficient (Wildman–Crippen LogP) is 3.33. The highest BCUT2D eigenvalue weighted by Crippen LogP contribution is 2.29. The Labute approximate surface area is 62.7 Å². The molecule has 0 aromatic carbocycles. The first-order chi connectivity index (χ1) is 4.34. The lowest BCUT2D eigenvalue weighted by atomic mass is 10.2. The molecule has 4 heteroatoms. The second-order valence-electron chi connectivity index (χ2n) is 2.26. The van der Waals surface area contributed by atoms with Crippen LogP contribution in [0.1, 0.15) is 13.8 Å². The molecule has 0 unspecified atom stereocenters. The lowest BCUT2D eigenvalue weighted by Gasteiger charge is -2.04. The third-order valence-electron chi connectivity index (χ3n) is 0.750. The molecular weight excluding hydrogens is 165 g/mol. The fourth-order valence-electron chi connectivity index (χ4n) is 0.387. The predicted molar refractivity (Wildman–Crippen MR) is 34.8 cm³/mol. The van der Waals surface area contributed by atoms with E-state index in [2.05, 4.69) is 0 Å². The van der Waals surface area contributed by atoms with Crippen LogP contribution in [0.3, 0.4) is 0 Å². The first-order valence-corrected chi connectivity index (χ1v) is 3.16. The van der Waals surface area contributed by atoms with Gasteiger partial charge in [-0.2, -0.15) is 13.2 Å². The van der Waals surface area contributed by atoms with Crippen molar-refractivity contribution in [2.75, 3.05) is 0 Å². The third kappa shape index (κ3) is 3.77. The van der Waals surface area contributed by atoms with Gasteiger partial charge in [0.05, 0.1) is 0 Å². The number of hydrogen-bond donors (Lipinski definition) is 0. The van der Waals surface area contributed by atoms with E-state index in [-0.39, 0.29) is 5.92 Å². The van der Waals surface area contributed by atoms with Gasteiger partial charge in [-0.3, -0.25) is 0 Å². The number of hydrogen-bond acceptors (Lipinski definition) is 0. The highest BCUT2D eigenvalue weighted by Gasteiger charge is 2.32. The van der Waals surface area contributed by atoms with Crippen molar-refractivity contribution in [2.24, 2.45) is 5.92 Å². The van der Waals surface area contributed by atoms with Crippen LogP contribution in [0.4, 0.5) is 13.2 Å². The zero-order valence-electron chi connectivity index (χ0n) is 5.67. The Bertz CT molecular complexity index is 134. The summed E-state index contributed by atoms with van der Waals surface area (Å²) in [6, 6.07) is 0. The van der Waals surface area contributed by atoms with E-state index in [1.165, 1.54) is 0 Å². The Kier molecular flexibility index (Phi) is 3.22. The largest absolute Gasteiger partial charge is 0.426 e. The van der Waals surface area contributed by atoms with E-state index < -0.39 is 11.2 Å². The SMILES string of the molecule is CC(C)/C=C(/Cl)C(F)(F)F. The van der Waals surface area contributed by atoms with E-state index >= 15 is 0 Å². The minimum absolute atomic E-state index is 0.172. The van der Waals surface area contributed by atoms with Crippen LogP contribution < -0.4 is 0 Å². The lowest BCUT2D eigenvalue weighted by molar-refractivity contribution is -0.0849. The van der Waals surface area contributed by atoms with E-state index in [4.69, 9.17) is 11.6 Å². The van der Waals surface area contributed by atoms with E-state index in [0.29, 0.717) is 0 Å². The summed E-state index contributed by atoms with van der Waals surface area (Å²) in [5.41, 5.74) is 0. The van der Waals surface area contributed by atoms with Crippen molar-refractivity contribution in [1.82, 2.24) is 0 Å². The molecule has 0 aliphatic carbocycles. The summed E-state index contributed by atoms with van der Waals surface area (Å²) in [6.07, 6.45) is -3.41. The second kappa shape index (κ2) is 3.28. The van der Waals surface area contributed by atoms with Gasteiger partial charge in [0.1, 0.15) is 5.03 Å². The number of alkyl halides is 3. The van der Waals surface area contributed by atoms with Gasteiger partial charge in [-0.25, -0.2) is 0 Å². The molecule has 0 spiro atoms. The fourth-order valence-corrected chi connectivity index (χ4v) is 0.639. The van der Waals surface area contributed by atoms with Gasteiger partial charge in [0.25, 0.3) is 0 Å². The van der Waals surface area contributed by atoms with Gasteiger partial charge in [-0.05, 0) is 5.92 Å². The normalized spacial score (nSPS) is 14.5. The van der Waals surface area contributed by atoms with Gasteiger partial charge >= 0.3 is 6.18 Å². The maximum absolute atomic E-state index is 11.6. The van der Waals surface area contributed by atoms with E-state index in [9.17, 15) is 13.2 Å². The molecule has 0 aromatic rings. The Morgan fingerprint density at radius 2 is 1.80 bits per heavy atom. The molecule has 0 fully saturated rings. The standard InChI is InChI=1S/C6H8ClF3/c1-4(2)3-5(7)6(8,9)10/h3-4H,1-2H3/b5-3+. The molecule has 0 saturated heterocycles. The summed E-state index contributed by atoms with van der Waals surface area (Å²) < 4.78 is 34.8. The van der Waals surface area contributed by atoms with Gasteiger partial charge in [-0.15, -0.1) is 0 Å². The Morgan fingerprint density at radius 1 is 1.40 bits per heavy atom. The van der Waals surface area contributed by atoms with Crippen LogP contribution in [0.25, 0.3) is 0 Å². The summed E-state index contributed by atoms with van der Waals surface area (Å²) in [6.45, 7) is 3.27. The first kappa shape index (κ1) is 9.82. The van der Waals surface area contributed by atoms with Crippen LogP contribution >= 0.6 is 11.6 Å². The van der Waals surface area contributed by atoms with Crippen LogP contribution in [0.5, 0.6) is 0 Å². The van der Waals surface area contributed by atoms with Crippen molar-refractivity contribution < 1.29 is 13.2 Å². The van der Waals surface area contributed by atoms with E-state index in [1.54, 1.807) is 13.8 Å². The minimum Gasteiger partial charge on any atom is -0.165 e. The molecule has 0 atom stereocenters. The van der Waals surface area contributed by atoms with Crippen molar-refractivity contribution in [3.05, 3.63) is 11.1 Å². The van der Waals surface area contributed by atoms with Crippen LogP contribution in [0.15, 0.2) is 11.1 Å². The van der Waals surface area contributed by atoms with E-state index in [1.807, 2.05) is 0 Å². The molecule has 0 rings (SSSR count). The summed E-state index contributed by atoms with van der Waals surface area (Å²) in [5.74, 6) is -0.172. The Hall–Kier alpha value is -0.180. The number of halogens is 4. The van der Waals surface area contributed by atoms with E-state index in [0.717, 1.165) is 6.08 Å². The molecule has 0 aliphatic heterocycles. The zero-order chi connectivity index (χ0) is 8.36. The average Bonchev–Trinajstić information content (AvgIpc) is 1.60. The quantitative estimate of drug-likeness (QED) is 0.569. The molecule has 0 amide bonds. The van der Waals surface area contributed by atoms with Crippen LogP contribution in [-0.2, 0) is 0 Å². The Morgan fingerprint density at radius 3 is 1.90 bits per heavy atom. The molecule has 60 valence electrons. The smallest absolute Gasteiger partial charge is 0.165 e. The van der Waals surface area contributed by atoms with Crippen LogP contribution in [-0.4, -0.2) is 6.18 Å². The van der Waals surface area contributed by atoms with Gasteiger partial charge in [0.2, 0.25) is 0 Å². The number of rotatable bonds is 1. The maximum Gasteiger partial charge on any atom is 0.426 e. The van der Waals surface area contributed by atoms with Crippen molar-refractivity contribution in [3.8, 4) is 0 Å². The van der Waals surface area contributed by atoms with Gasteiger partial charge in [-0.1, -0.05) is 31.5 Å². The van der Waals surface area contributed by atoms with Crippen LogP contribution in [0.2, 0.25) is 0 Å². The molecule has 0 bridgehead atoms. The monoisotopic (exact) mass is 172 g/mol. The summed E-state index contributed by atoms with van der Waals surface area (Å²) in [7, 11) is 0. The molecule has 0 saturated carbocycles. The Balaban J connectivity index is 4.20. The van der Waals surface area contributed by atoms with Crippen LogP contribution in [0, 0.1) is 5.92 Å². The van der Waals surface area contributed by atoms with Gasteiger partial charge in [0, 0.05) is 0 Å². The molecule has 0 heterocycles. The second-order valence-corrected chi connectivity index (χ2v) is 2.66. The molecule has 0 aromatic heterocycles. The topological polar surface area (TPSA) is 0 Å². The highest BCUT2D eigenvalue weighted by atomic mass is 35.5. The average molecular weight is 173 g/mol. The van der Waals surface area contributed by atoms with Gasteiger partial charge < -0.3 is 0 Å². The highest BCUT2D eigenvalue weighted by molar-refractivity contribution is 6.30. The van der Waals surface area contributed by atoms with Crippen molar-refractivity contribution in [2.45, 2.75) is 20.0 Å². The zero-order valence-corrected chi connectivity index (χ0v) is 6.42. The van der Waals surface area contributed by atoms with Crippen molar-refractivity contribution in [3.63, 3.8) is 0 Å². The lowest BCUT2D eigenvalue weighted by Crippen LogP contribution is -2.07. The molecule has 0 radical (unpaired) electrons. The van der Waals surface area contributed by atoms with Crippen molar-refractivity contribution in [1.29, 1.82) is 0 Å². The summed E-state index contributed by atoms with van der Waals surface area (Å²) in [4.78, 5) is 0. The summed E-state index contributed by atoms with van der Waals surface area (Å²) >= 11 is 4.89. The third-order valence-corrected chi connectivity index (χ3v) is 1.09. The van der Waals surface area contributed by atoms with Crippen molar-refractivity contribution >= 4 is 11.6 Å². The summed E-state index contributed by atoms with van der Waals surface area (Å²) in [5, 5.41) is -1.04. The molecular formula is C6H8ClF3. The fraction of sp³-hybridized carbons (Fsp3) is 0.667. The number of allylic oxidation sites excluding steroid dienone is 2. The molecule has 0 N–H and O–H groups in total. The minimum atomic E-state index is -4.38. The maximum atomic E-state index is 11.6. The molecule has 0 aliphatic rings. The molecule has 10 heavy (non-hydrogen) atoms. The van der Waals surface area contributed by atoms with Gasteiger partial charge in [0.15, 0.2) is 0 Å².